The fourth-order valence-corrected chi connectivity index (χ4v) is 2.41. The highest BCUT2D eigenvalue weighted by Crippen LogP contribution is 2.29. The van der Waals surface area contributed by atoms with Crippen LogP contribution in [0, 0.1) is 13.8 Å². The number of rotatable bonds is 3. The molecule has 0 saturated carbocycles. The van der Waals surface area contributed by atoms with Crippen molar-refractivity contribution in [3.05, 3.63) is 59.2 Å². The number of hydrogen-bond donors (Lipinski definition) is 0. The third kappa shape index (κ3) is 2.43. The van der Waals surface area contributed by atoms with Gasteiger partial charge < -0.3 is 9.47 Å². The normalized spacial score (nSPS) is 16.8. The standard InChI is InChI=1S/C17H18O2/c1-12-6-5-9-16(13(12)2)18-11-15-10-14-7-3-4-8-17(14)19-15/h3-9,15H,10-11H2,1-2H3. The Labute approximate surface area is 114 Å². The van der Waals surface area contributed by atoms with Crippen molar-refractivity contribution in [2.24, 2.45) is 0 Å². The topological polar surface area (TPSA) is 18.5 Å². The Morgan fingerprint density at radius 1 is 1.11 bits per heavy atom. The minimum Gasteiger partial charge on any atom is -0.489 e. The van der Waals surface area contributed by atoms with Gasteiger partial charge in [0.25, 0.3) is 0 Å². The zero-order chi connectivity index (χ0) is 13.2. The third-order valence-corrected chi connectivity index (χ3v) is 3.69. The fraction of sp³-hybridized carbons (Fsp3) is 0.294. The molecule has 1 atom stereocenters. The van der Waals surface area contributed by atoms with Crippen LogP contribution in [0.25, 0.3) is 0 Å². The predicted octanol–water partition coefficient (Wildman–Crippen LogP) is 3.69. The molecular weight excluding hydrogens is 236 g/mol. The second-order valence-corrected chi connectivity index (χ2v) is 5.06. The van der Waals surface area contributed by atoms with E-state index in [1.807, 2.05) is 24.3 Å². The number of benzene rings is 2. The minimum absolute atomic E-state index is 0.123. The van der Waals surface area contributed by atoms with Gasteiger partial charge in [-0.15, -0.1) is 0 Å². The summed E-state index contributed by atoms with van der Waals surface area (Å²) in [6.45, 7) is 4.79. The van der Waals surface area contributed by atoms with Crippen molar-refractivity contribution in [2.75, 3.05) is 6.61 Å². The number of para-hydroxylation sites is 1. The smallest absolute Gasteiger partial charge is 0.137 e. The molecule has 0 saturated heterocycles. The summed E-state index contributed by atoms with van der Waals surface area (Å²) in [7, 11) is 0. The molecule has 1 heterocycles. The molecule has 1 unspecified atom stereocenters. The maximum atomic E-state index is 5.91. The van der Waals surface area contributed by atoms with E-state index in [1.165, 1.54) is 16.7 Å². The lowest BCUT2D eigenvalue weighted by atomic mass is 10.1. The summed E-state index contributed by atoms with van der Waals surface area (Å²) in [4.78, 5) is 0. The predicted molar refractivity (Wildman–Crippen MR) is 76.0 cm³/mol. The molecule has 3 rings (SSSR count). The monoisotopic (exact) mass is 254 g/mol. The summed E-state index contributed by atoms with van der Waals surface area (Å²) < 4.78 is 11.8. The summed E-state index contributed by atoms with van der Waals surface area (Å²) in [5, 5.41) is 0. The Bertz CT molecular complexity index is 565. The average molecular weight is 254 g/mol. The summed E-state index contributed by atoms with van der Waals surface area (Å²) in [5.41, 5.74) is 3.74. The van der Waals surface area contributed by atoms with Crippen molar-refractivity contribution in [2.45, 2.75) is 26.4 Å². The Kier molecular flexibility index (Phi) is 3.16. The average Bonchev–Trinajstić information content (AvgIpc) is 2.83. The first-order valence-electron chi connectivity index (χ1n) is 6.67. The van der Waals surface area contributed by atoms with Crippen molar-refractivity contribution in [1.29, 1.82) is 0 Å². The second-order valence-electron chi connectivity index (χ2n) is 5.06. The van der Waals surface area contributed by atoms with Crippen molar-refractivity contribution in [3.63, 3.8) is 0 Å². The van der Waals surface area contributed by atoms with Crippen LogP contribution in [-0.2, 0) is 6.42 Å². The Hall–Kier alpha value is -1.96. The molecule has 98 valence electrons. The quantitative estimate of drug-likeness (QED) is 0.831. The van der Waals surface area contributed by atoms with Gasteiger partial charge in [0, 0.05) is 6.42 Å². The molecule has 2 heteroatoms. The van der Waals surface area contributed by atoms with E-state index in [0.717, 1.165) is 17.9 Å². The molecule has 0 amide bonds. The van der Waals surface area contributed by atoms with Crippen molar-refractivity contribution >= 4 is 0 Å². The largest absolute Gasteiger partial charge is 0.489 e. The van der Waals surface area contributed by atoms with Gasteiger partial charge in [0.15, 0.2) is 0 Å². The lowest BCUT2D eigenvalue weighted by Gasteiger charge is -2.14. The maximum absolute atomic E-state index is 5.91. The molecule has 0 fully saturated rings. The highest BCUT2D eigenvalue weighted by Gasteiger charge is 2.22. The van der Waals surface area contributed by atoms with E-state index in [4.69, 9.17) is 9.47 Å². The molecule has 0 spiro atoms. The van der Waals surface area contributed by atoms with Gasteiger partial charge in [-0.25, -0.2) is 0 Å². The molecule has 0 radical (unpaired) electrons. The molecule has 1 aliphatic heterocycles. The van der Waals surface area contributed by atoms with Crippen LogP contribution in [-0.4, -0.2) is 12.7 Å². The summed E-state index contributed by atoms with van der Waals surface area (Å²) in [5.74, 6) is 1.96. The minimum atomic E-state index is 0.123. The summed E-state index contributed by atoms with van der Waals surface area (Å²) in [6, 6.07) is 14.3. The summed E-state index contributed by atoms with van der Waals surface area (Å²) in [6.07, 6.45) is 1.05. The van der Waals surface area contributed by atoms with Crippen LogP contribution in [0.4, 0.5) is 0 Å². The molecule has 19 heavy (non-hydrogen) atoms. The second kappa shape index (κ2) is 4.96. The molecule has 2 aromatic rings. The van der Waals surface area contributed by atoms with E-state index >= 15 is 0 Å². The number of aryl methyl sites for hydroxylation is 1. The van der Waals surface area contributed by atoms with Gasteiger partial charge in [0.05, 0.1) is 0 Å². The van der Waals surface area contributed by atoms with Crippen LogP contribution in [0.1, 0.15) is 16.7 Å². The van der Waals surface area contributed by atoms with Crippen molar-refractivity contribution < 1.29 is 9.47 Å². The van der Waals surface area contributed by atoms with Gasteiger partial charge in [-0.05, 0) is 42.7 Å². The molecule has 2 aromatic carbocycles. The third-order valence-electron chi connectivity index (χ3n) is 3.69. The fourth-order valence-electron chi connectivity index (χ4n) is 2.41. The van der Waals surface area contributed by atoms with E-state index in [0.29, 0.717) is 6.61 Å². The van der Waals surface area contributed by atoms with Gasteiger partial charge >= 0.3 is 0 Å². The highest BCUT2D eigenvalue weighted by molar-refractivity contribution is 5.39. The Morgan fingerprint density at radius 2 is 1.95 bits per heavy atom. The first kappa shape index (κ1) is 12.1. The van der Waals surface area contributed by atoms with E-state index in [1.54, 1.807) is 0 Å². The molecule has 0 N–H and O–H groups in total. The number of ether oxygens (including phenoxy) is 2. The van der Waals surface area contributed by atoms with Gasteiger partial charge in [-0.2, -0.15) is 0 Å². The van der Waals surface area contributed by atoms with E-state index in [9.17, 15) is 0 Å². The number of fused-ring (bicyclic) bond motifs is 1. The van der Waals surface area contributed by atoms with Crippen LogP contribution in [0.15, 0.2) is 42.5 Å². The zero-order valence-corrected chi connectivity index (χ0v) is 11.3. The van der Waals surface area contributed by atoms with Crippen molar-refractivity contribution in [3.8, 4) is 11.5 Å². The van der Waals surface area contributed by atoms with Crippen LogP contribution < -0.4 is 9.47 Å². The van der Waals surface area contributed by atoms with Crippen molar-refractivity contribution in [1.82, 2.24) is 0 Å². The van der Waals surface area contributed by atoms with Gasteiger partial charge in [-0.3, -0.25) is 0 Å². The van der Waals surface area contributed by atoms with Crippen LogP contribution >= 0.6 is 0 Å². The van der Waals surface area contributed by atoms with Crippen LogP contribution in [0.2, 0.25) is 0 Å². The molecule has 2 nitrogen and oxygen atoms in total. The maximum Gasteiger partial charge on any atom is 0.137 e. The molecule has 0 aromatic heterocycles. The van der Waals surface area contributed by atoms with E-state index < -0.39 is 0 Å². The van der Waals surface area contributed by atoms with E-state index in [-0.39, 0.29) is 6.10 Å². The molecule has 0 bridgehead atoms. The summed E-state index contributed by atoms with van der Waals surface area (Å²) >= 11 is 0. The van der Waals surface area contributed by atoms with Gasteiger partial charge in [0.1, 0.15) is 24.2 Å². The molecule has 0 aliphatic carbocycles. The SMILES string of the molecule is Cc1cccc(OCC2Cc3ccccc3O2)c1C. The van der Waals surface area contributed by atoms with Gasteiger partial charge in [-0.1, -0.05) is 30.3 Å². The van der Waals surface area contributed by atoms with Crippen LogP contribution in [0.3, 0.4) is 0 Å². The van der Waals surface area contributed by atoms with E-state index in [2.05, 4.69) is 32.0 Å². The number of hydrogen-bond acceptors (Lipinski definition) is 2. The van der Waals surface area contributed by atoms with Gasteiger partial charge in [0.2, 0.25) is 0 Å². The lowest BCUT2D eigenvalue weighted by molar-refractivity contribution is 0.148. The van der Waals surface area contributed by atoms with Crippen LogP contribution in [0.5, 0.6) is 11.5 Å². The first-order chi connectivity index (χ1) is 9.24. The molecule has 1 aliphatic rings. The lowest BCUT2D eigenvalue weighted by Crippen LogP contribution is -2.22. The molecular formula is C17H18O2. The Balaban J connectivity index is 1.64. The Morgan fingerprint density at radius 3 is 2.79 bits per heavy atom. The first-order valence-corrected chi connectivity index (χ1v) is 6.67. The zero-order valence-electron chi connectivity index (χ0n) is 11.3. The highest BCUT2D eigenvalue weighted by atomic mass is 16.5.